The van der Waals surface area contributed by atoms with E-state index in [1.54, 1.807) is 19.1 Å². The summed E-state index contributed by atoms with van der Waals surface area (Å²) in [6, 6.07) is 12.8. The first-order valence-corrected chi connectivity index (χ1v) is 9.06. The molecule has 1 N–H and O–H groups in total. The minimum atomic E-state index is -0.237. The van der Waals surface area contributed by atoms with E-state index in [0.717, 1.165) is 17.5 Å². The van der Waals surface area contributed by atoms with Crippen molar-refractivity contribution < 1.29 is 19.1 Å². The van der Waals surface area contributed by atoms with Crippen LogP contribution < -0.4 is 14.8 Å². The lowest BCUT2D eigenvalue weighted by Crippen LogP contribution is -2.31. The van der Waals surface area contributed by atoms with Crippen LogP contribution in [0.5, 0.6) is 11.5 Å². The van der Waals surface area contributed by atoms with Crippen molar-refractivity contribution in [2.24, 2.45) is 5.16 Å². The summed E-state index contributed by atoms with van der Waals surface area (Å²) in [6.07, 6.45) is 0.757. The third-order valence-corrected chi connectivity index (χ3v) is 4.46. The number of nitrogens with zero attached hydrogens (tertiary/aromatic N) is 1. The Morgan fingerprint density at radius 2 is 1.96 bits per heavy atom. The van der Waals surface area contributed by atoms with Crippen LogP contribution in [0.2, 0.25) is 5.02 Å². The van der Waals surface area contributed by atoms with E-state index in [1.807, 2.05) is 37.3 Å². The van der Waals surface area contributed by atoms with Crippen LogP contribution in [0.4, 0.5) is 0 Å². The summed E-state index contributed by atoms with van der Waals surface area (Å²) >= 11 is 5.91. The number of nitrogens with one attached hydrogen (secondary N) is 1. The van der Waals surface area contributed by atoms with E-state index in [-0.39, 0.29) is 25.3 Å². The molecule has 1 aliphatic heterocycles. The van der Waals surface area contributed by atoms with Crippen LogP contribution in [0.25, 0.3) is 0 Å². The maximum atomic E-state index is 12.2. The zero-order valence-corrected chi connectivity index (χ0v) is 16.0. The van der Waals surface area contributed by atoms with Crippen LogP contribution in [-0.2, 0) is 9.63 Å². The van der Waals surface area contributed by atoms with Gasteiger partial charge in [-0.2, -0.15) is 0 Å². The molecule has 3 rings (SSSR count). The van der Waals surface area contributed by atoms with Gasteiger partial charge in [-0.1, -0.05) is 35.8 Å². The van der Waals surface area contributed by atoms with Crippen LogP contribution in [0.3, 0.4) is 0 Å². The first-order chi connectivity index (χ1) is 13.1. The lowest BCUT2D eigenvalue weighted by molar-refractivity contribution is -0.126. The van der Waals surface area contributed by atoms with E-state index in [9.17, 15) is 4.79 Å². The van der Waals surface area contributed by atoms with Crippen molar-refractivity contribution in [2.45, 2.75) is 26.3 Å². The zero-order valence-electron chi connectivity index (χ0n) is 15.2. The van der Waals surface area contributed by atoms with Crippen molar-refractivity contribution in [2.75, 3.05) is 13.4 Å². The second kappa shape index (κ2) is 8.77. The Kier molecular flexibility index (Phi) is 6.19. The maximum absolute atomic E-state index is 12.2. The second-order valence-corrected chi connectivity index (χ2v) is 6.53. The predicted octanol–water partition coefficient (Wildman–Crippen LogP) is 4.08. The highest BCUT2D eigenvalue weighted by Crippen LogP contribution is 2.32. The molecule has 142 valence electrons. The molecule has 0 bridgehead atoms. The molecule has 7 heteroatoms. The number of halogens is 1. The summed E-state index contributed by atoms with van der Waals surface area (Å²) in [5.41, 5.74) is 2.48. The number of carbonyl (C=O) groups excluding carboxylic acids is 1. The van der Waals surface area contributed by atoms with Gasteiger partial charge in [-0.25, -0.2) is 0 Å². The van der Waals surface area contributed by atoms with Crippen molar-refractivity contribution >= 4 is 23.2 Å². The van der Waals surface area contributed by atoms with Gasteiger partial charge in [-0.15, -0.1) is 0 Å². The molecule has 1 atom stereocenters. The number of benzene rings is 2. The van der Waals surface area contributed by atoms with Crippen LogP contribution >= 0.6 is 11.6 Å². The van der Waals surface area contributed by atoms with Gasteiger partial charge in [-0.3, -0.25) is 4.79 Å². The molecule has 1 unspecified atom stereocenters. The number of hydrogen-bond acceptors (Lipinski definition) is 5. The molecule has 6 nitrogen and oxygen atoms in total. The Bertz CT molecular complexity index is 836. The van der Waals surface area contributed by atoms with E-state index in [2.05, 4.69) is 10.5 Å². The fourth-order valence-electron chi connectivity index (χ4n) is 2.71. The van der Waals surface area contributed by atoms with E-state index in [0.29, 0.717) is 22.2 Å². The minimum Gasteiger partial charge on any atom is -0.454 e. The SMILES string of the molecule is CCC(NC(=O)CO/N=C(\C)c1ccc2c(c1)OCO2)c1ccc(Cl)cc1. The Morgan fingerprint density at radius 3 is 2.70 bits per heavy atom. The van der Waals surface area contributed by atoms with Crippen molar-refractivity contribution in [1.29, 1.82) is 0 Å². The van der Waals surface area contributed by atoms with Gasteiger partial charge in [-0.05, 0) is 49.2 Å². The largest absolute Gasteiger partial charge is 0.454 e. The summed E-state index contributed by atoms with van der Waals surface area (Å²) in [5.74, 6) is 1.15. The lowest BCUT2D eigenvalue weighted by atomic mass is 10.0. The number of amides is 1. The lowest BCUT2D eigenvalue weighted by Gasteiger charge is -2.17. The summed E-state index contributed by atoms with van der Waals surface area (Å²) in [5, 5.41) is 7.62. The van der Waals surface area contributed by atoms with Gasteiger partial charge < -0.3 is 19.6 Å². The Morgan fingerprint density at radius 1 is 1.22 bits per heavy atom. The van der Waals surface area contributed by atoms with Gasteiger partial charge >= 0.3 is 0 Å². The molecule has 0 radical (unpaired) electrons. The number of ether oxygens (including phenoxy) is 2. The zero-order chi connectivity index (χ0) is 19.2. The van der Waals surface area contributed by atoms with Gasteiger partial charge in [0.15, 0.2) is 18.1 Å². The van der Waals surface area contributed by atoms with Crippen molar-refractivity contribution in [1.82, 2.24) is 5.32 Å². The topological polar surface area (TPSA) is 69.2 Å². The fraction of sp³-hybridized carbons (Fsp3) is 0.300. The van der Waals surface area contributed by atoms with Crippen molar-refractivity contribution in [3.8, 4) is 11.5 Å². The van der Waals surface area contributed by atoms with E-state index >= 15 is 0 Å². The molecule has 1 aliphatic rings. The maximum Gasteiger partial charge on any atom is 0.261 e. The Balaban J connectivity index is 1.53. The second-order valence-electron chi connectivity index (χ2n) is 6.10. The number of rotatable bonds is 7. The quantitative estimate of drug-likeness (QED) is 0.573. The standard InChI is InChI=1S/C20H21ClN2O4/c1-3-17(14-4-7-16(21)8-5-14)22-20(24)11-27-23-13(2)15-6-9-18-19(10-15)26-12-25-18/h4-10,17H,3,11-12H2,1-2H3,(H,22,24)/b23-13+. The molecule has 0 saturated heterocycles. The molecule has 0 spiro atoms. The number of carbonyl (C=O) groups is 1. The van der Waals surface area contributed by atoms with Crippen LogP contribution in [0, 0.1) is 0 Å². The normalized spacial score (nSPS) is 14.0. The molecule has 0 fully saturated rings. The summed E-state index contributed by atoms with van der Waals surface area (Å²) in [4.78, 5) is 17.4. The summed E-state index contributed by atoms with van der Waals surface area (Å²) in [7, 11) is 0. The summed E-state index contributed by atoms with van der Waals surface area (Å²) in [6.45, 7) is 3.87. The van der Waals surface area contributed by atoms with Crippen LogP contribution in [0.15, 0.2) is 47.6 Å². The third kappa shape index (κ3) is 4.92. The monoisotopic (exact) mass is 388 g/mol. The molecular weight excluding hydrogens is 368 g/mol. The van der Waals surface area contributed by atoms with Crippen LogP contribution in [-0.4, -0.2) is 25.0 Å². The van der Waals surface area contributed by atoms with Gasteiger partial charge in [0.2, 0.25) is 6.79 Å². The molecular formula is C20H21ClN2O4. The highest BCUT2D eigenvalue weighted by Gasteiger charge is 2.15. The molecule has 0 saturated carbocycles. The first-order valence-electron chi connectivity index (χ1n) is 8.68. The molecule has 2 aromatic carbocycles. The minimum absolute atomic E-state index is 0.0997. The first kappa shape index (κ1) is 19.0. The average Bonchev–Trinajstić information content (AvgIpc) is 3.14. The van der Waals surface area contributed by atoms with Gasteiger partial charge in [0, 0.05) is 10.6 Å². The highest BCUT2D eigenvalue weighted by atomic mass is 35.5. The molecule has 27 heavy (non-hydrogen) atoms. The highest BCUT2D eigenvalue weighted by molar-refractivity contribution is 6.30. The fourth-order valence-corrected chi connectivity index (χ4v) is 2.84. The smallest absolute Gasteiger partial charge is 0.261 e. The van der Waals surface area contributed by atoms with Crippen molar-refractivity contribution in [3.63, 3.8) is 0 Å². The molecule has 1 heterocycles. The summed E-state index contributed by atoms with van der Waals surface area (Å²) < 4.78 is 10.6. The van der Waals surface area contributed by atoms with Gasteiger partial charge in [0.05, 0.1) is 11.8 Å². The number of oxime groups is 1. The molecule has 0 aliphatic carbocycles. The van der Waals surface area contributed by atoms with E-state index < -0.39 is 0 Å². The Labute approximate surface area is 163 Å². The molecule has 0 aromatic heterocycles. The van der Waals surface area contributed by atoms with E-state index in [1.165, 1.54) is 0 Å². The van der Waals surface area contributed by atoms with Gasteiger partial charge in [0.1, 0.15) is 0 Å². The average molecular weight is 389 g/mol. The molecule has 2 aromatic rings. The third-order valence-electron chi connectivity index (χ3n) is 4.20. The molecule has 1 amide bonds. The predicted molar refractivity (Wildman–Crippen MR) is 103 cm³/mol. The Hall–Kier alpha value is -2.73. The van der Waals surface area contributed by atoms with Crippen molar-refractivity contribution in [3.05, 3.63) is 58.6 Å². The number of fused-ring (bicyclic) bond motifs is 1. The van der Waals surface area contributed by atoms with E-state index in [4.69, 9.17) is 25.9 Å². The number of hydrogen-bond donors (Lipinski definition) is 1. The van der Waals surface area contributed by atoms with Gasteiger partial charge in [0.25, 0.3) is 5.91 Å². The van der Waals surface area contributed by atoms with Crippen LogP contribution in [0.1, 0.15) is 37.4 Å².